The van der Waals surface area contributed by atoms with Gasteiger partial charge in [-0.3, -0.25) is 9.59 Å². The van der Waals surface area contributed by atoms with Crippen molar-refractivity contribution in [2.24, 2.45) is 0 Å². The van der Waals surface area contributed by atoms with Gasteiger partial charge in [0, 0.05) is 30.5 Å². The standard InChI is InChI=1S/C13H16N2O4S/c16-11(15-6-1-2-10(15)13(18)19)3-5-14-12(17)9-4-7-20-8-9/h4,7-8,10H,1-3,5-6H2,(H,14,17)(H,18,19)/t10-/m0/s1. The summed E-state index contributed by atoms with van der Waals surface area (Å²) in [6.07, 6.45) is 1.34. The van der Waals surface area contributed by atoms with E-state index in [1.807, 2.05) is 5.38 Å². The number of amides is 2. The van der Waals surface area contributed by atoms with Crippen molar-refractivity contribution in [1.29, 1.82) is 0 Å². The molecule has 2 N–H and O–H groups in total. The van der Waals surface area contributed by atoms with E-state index in [1.165, 1.54) is 16.2 Å². The number of carboxylic acid groups (broad SMARTS) is 1. The van der Waals surface area contributed by atoms with Gasteiger partial charge in [0.15, 0.2) is 0 Å². The number of aliphatic carboxylic acids is 1. The van der Waals surface area contributed by atoms with Gasteiger partial charge in [-0.25, -0.2) is 4.79 Å². The van der Waals surface area contributed by atoms with Gasteiger partial charge in [0.25, 0.3) is 5.91 Å². The molecule has 0 aliphatic carbocycles. The second-order valence-electron chi connectivity index (χ2n) is 4.60. The summed E-state index contributed by atoms with van der Waals surface area (Å²) in [5.74, 6) is -1.39. The second-order valence-corrected chi connectivity index (χ2v) is 5.38. The molecule has 2 rings (SSSR count). The maximum absolute atomic E-state index is 11.9. The van der Waals surface area contributed by atoms with Crippen LogP contribution in [-0.2, 0) is 9.59 Å². The smallest absolute Gasteiger partial charge is 0.326 e. The first kappa shape index (κ1) is 14.5. The maximum Gasteiger partial charge on any atom is 0.326 e. The van der Waals surface area contributed by atoms with E-state index in [2.05, 4.69) is 5.32 Å². The van der Waals surface area contributed by atoms with E-state index in [9.17, 15) is 14.4 Å². The molecule has 2 amide bonds. The largest absolute Gasteiger partial charge is 0.480 e. The number of hydrogen-bond donors (Lipinski definition) is 2. The van der Waals surface area contributed by atoms with Crippen LogP contribution in [0.1, 0.15) is 29.6 Å². The molecule has 0 saturated carbocycles. The van der Waals surface area contributed by atoms with Crippen molar-refractivity contribution in [2.45, 2.75) is 25.3 Å². The third-order valence-corrected chi connectivity index (χ3v) is 3.95. The Labute approximate surface area is 120 Å². The number of carbonyl (C=O) groups is 3. The molecule has 0 radical (unpaired) electrons. The summed E-state index contributed by atoms with van der Waals surface area (Å²) in [7, 11) is 0. The predicted octanol–water partition coefficient (Wildman–Crippen LogP) is 0.944. The lowest BCUT2D eigenvalue weighted by Gasteiger charge is -2.21. The second kappa shape index (κ2) is 6.51. The molecule has 1 aromatic heterocycles. The van der Waals surface area contributed by atoms with Crippen molar-refractivity contribution in [1.82, 2.24) is 10.2 Å². The molecule has 0 spiro atoms. The molecule has 20 heavy (non-hydrogen) atoms. The summed E-state index contributed by atoms with van der Waals surface area (Å²) in [4.78, 5) is 36.0. The monoisotopic (exact) mass is 296 g/mol. The predicted molar refractivity (Wildman–Crippen MR) is 73.6 cm³/mol. The third kappa shape index (κ3) is 3.36. The highest BCUT2D eigenvalue weighted by atomic mass is 32.1. The lowest BCUT2D eigenvalue weighted by atomic mass is 10.2. The summed E-state index contributed by atoms with van der Waals surface area (Å²) >= 11 is 1.43. The fourth-order valence-corrected chi connectivity index (χ4v) is 2.88. The molecule has 0 aromatic carbocycles. The zero-order valence-electron chi connectivity index (χ0n) is 10.9. The van der Waals surface area contributed by atoms with Gasteiger partial charge >= 0.3 is 5.97 Å². The van der Waals surface area contributed by atoms with Crippen LogP contribution in [0.5, 0.6) is 0 Å². The van der Waals surface area contributed by atoms with Crippen LogP contribution < -0.4 is 5.32 Å². The Kier molecular flexibility index (Phi) is 4.73. The van der Waals surface area contributed by atoms with Crippen LogP contribution in [0.2, 0.25) is 0 Å². The lowest BCUT2D eigenvalue weighted by Crippen LogP contribution is -2.41. The number of rotatable bonds is 5. The molecule has 1 fully saturated rings. The molecule has 108 valence electrons. The van der Waals surface area contributed by atoms with E-state index in [-0.39, 0.29) is 24.8 Å². The fourth-order valence-electron chi connectivity index (χ4n) is 2.24. The Morgan fingerprint density at radius 2 is 2.25 bits per heavy atom. The first-order valence-corrected chi connectivity index (χ1v) is 7.36. The average Bonchev–Trinajstić information content (AvgIpc) is 3.09. The molecule has 7 heteroatoms. The van der Waals surface area contributed by atoms with E-state index in [0.717, 1.165) is 0 Å². The van der Waals surface area contributed by atoms with Crippen molar-refractivity contribution in [2.75, 3.05) is 13.1 Å². The van der Waals surface area contributed by atoms with Gasteiger partial charge < -0.3 is 15.3 Å². The Bertz CT molecular complexity index is 500. The SMILES string of the molecule is O=C(NCCC(=O)N1CCC[C@H]1C(=O)O)c1ccsc1. The number of carbonyl (C=O) groups excluding carboxylic acids is 2. The molecule has 0 unspecified atom stereocenters. The third-order valence-electron chi connectivity index (χ3n) is 3.27. The normalized spacial score (nSPS) is 18.0. The highest BCUT2D eigenvalue weighted by Gasteiger charge is 2.33. The molecule has 2 heterocycles. The van der Waals surface area contributed by atoms with Crippen molar-refractivity contribution < 1.29 is 19.5 Å². The summed E-state index contributed by atoms with van der Waals surface area (Å²) in [5.41, 5.74) is 0.576. The van der Waals surface area contributed by atoms with Crippen LogP contribution in [0, 0.1) is 0 Å². The van der Waals surface area contributed by atoms with Crippen molar-refractivity contribution in [3.63, 3.8) is 0 Å². The summed E-state index contributed by atoms with van der Waals surface area (Å²) in [5, 5.41) is 15.2. The van der Waals surface area contributed by atoms with Crippen LogP contribution in [0.15, 0.2) is 16.8 Å². The summed E-state index contributed by atoms with van der Waals surface area (Å²) < 4.78 is 0. The topological polar surface area (TPSA) is 86.7 Å². The van der Waals surface area contributed by atoms with Gasteiger partial charge in [-0.1, -0.05) is 0 Å². The van der Waals surface area contributed by atoms with Crippen LogP contribution in [0.3, 0.4) is 0 Å². The lowest BCUT2D eigenvalue weighted by molar-refractivity contribution is -0.148. The van der Waals surface area contributed by atoms with E-state index in [0.29, 0.717) is 24.9 Å². The van der Waals surface area contributed by atoms with Gasteiger partial charge in [0.2, 0.25) is 5.91 Å². The van der Waals surface area contributed by atoms with Gasteiger partial charge in [-0.2, -0.15) is 11.3 Å². The van der Waals surface area contributed by atoms with E-state index >= 15 is 0 Å². The Morgan fingerprint density at radius 3 is 2.90 bits per heavy atom. The number of nitrogens with zero attached hydrogens (tertiary/aromatic N) is 1. The zero-order chi connectivity index (χ0) is 14.5. The number of likely N-dealkylation sites (tertiary alicyclic amines) is 1. The van der Waals surface area contributed by atoms with Crippen LogP contribution >= 0.6 is 11.3 Å². The van der Waals surface area contributed by atoms with Gasteiger partial charge in [-0.15, -0.1) is 0 Å². The molecule has 1 saturated heterocycles. The van der Waals surface area contributed by atoms with Crippen molar-refractivity contribution in [3.05, 3.63) is 22.4 Å². The van der Waals surface area contributed by atoms with Crippen molar-refractivity contribution in [3.8, 4) is 0 Å². The Balaban J connectivity index is 1.78. The van der Waals surface area contributed by atoms with E-state index in [4.69, 9.17) is 5.11 Å². The molecular weight excluding hydrogens is 280 g/mol. The number of hydrogen-bond acceptors (Lipinski definition) is 4. The highest BCUT2D eigenvalue weighted by molar-refractivity contribution is 7.08. The minimum Gasteiger partial charge on any atom is -0.480 e. The maximum atomic E-state index is 11.9. The van der Waals surface area contributed by atoms with Gasteiger partial charge in [0.05, 0.1) is 0 Å². The van der Waals surface area contributed by atoms with Crippen LogP contribution in [0.25, 0.3) is 0 Å². The van der Waals surface area contributed by atoms with Gasteiger partial charge in [-0.05, 0) is 24.3 Å². The van der Waals surface area contributed by atoms with Crippen LogP contribution in [0.4, 0.5) is 0 Å². The van der Waals surface area contributed by atoms with Crippen molar-refractivity contribution >= 4 is 29.1 Å². The zero-order valence-corrected chi connectivity index (χ0v) is 11.7. The molecule has 0 bridgehead atoms. The number of nitrogens with one attached hydrogen (secondary N) is 1. The highest BCUT2D eigenvalue weighted by Crippen LogP contribution is 2.18. The van der Waals surface area contributed by atoms with Gasteiger partial charge in [0.1, 0.15) is 6.04 Å². The first-order valence-electron chi connectivity index (χ1n) is 6.42. The van der Waals surface area contributed by atoms with E-state index in [1.54, 1.807) is 11.4 Å². The summed E-state index contributed by atoms with van der Waals surface area (Å²) in [6.45, 7) is 0.699. The summed E-state index contributed by atoms with van der Waals surface area (Å²) in [6, 6.07) is 0.998. The fraction of sp³-hybridized carbons (Fsp3) is 0.462. The minimum absolute atomic E-state index is 0.125. The number of thiophene rings is 1. The first-order chi connectivity index (χ1) is 9.59. The van der Waals surface area contributed by atoms with E-state index < -0.39 is 12.0 Å². The molecule has 1 aliphatic rings. The molecular formula is C13H16N2O4S. The molecule has 6 nitrogen and oxygen atoms in total. The quantitative estimate of drug-likeness (QED) is 0.846. The molecule has 1 aromatic rings. The Hall–Kier alpha value is -1.89. The van der Waals surface area contributed by atoms with Crippen LogP contribution in [-0.4, -0.2) is 46.9 Å². The Morgan fingerprint density at radius 1 is 1.45 bits per heavy atom. The molecule has 1 atom stereocenters. The average molecular weight is 296 g/mol. The molecule has 1 aliphatic heterocycles. The minimum atomic E-state index is -0.960. The number of carboxylic acids is 1.